The third-order valence-electron chi connectivity index (χ3n) is 2.78. The van der Waals surface area contributed by atoms with Crippen molar-refractivity contribution in [3.8, 4) is 11.5 Å². The second kappa shape index (κ2) is 6.61. The zero-order valence-corrected chi connectivity index (χ0v) is 13.6. The molecule has 0 radical (unpaired) electrons. The lowest BCUT2D eigenvalue weighted by molar-refractivity contribution is 0.0635. The van der Waals surface area contributed by atoms with Crippen LogP contribution in [0.15, 0.2) is 30.6 Å². The molecule has 24 heavy (non-hydrogen) atoms. The van der Waals surface area contributed by atoms with Gasteiger partial charge in [-0.05, 0) is 32.9 Å². The Morgan fingerprint density at radius 1 is 1.25 bits per heavy atom. The highest BCUT2D eigenvalue weighted by molar-refractivity contribution is 5.85. The summed E-state index contributed by atoms with van der Waals surface area (Å²) in [4.78, 5) is 15.6. The minimum absolute atomic E-state index is 0.0859. The number of nitrogens with one attached hydrogen (secondary N) is 1. The number of halogens is 1. The van der Waals surface area contributed by atoms with Gasteiger partial charge >= 0.3 is 6.09 Å². The van der Waals surface area contributed by atoms with Gasteiger partial charge in [-0.2, -0.15) is 0 Å². The van der Waals surface area contributed by atoms with Crippen LogP contribution in [-0.2, 0) is 4.74 Å². The molecule has 0 aliphatic carbocycles. The Bertz CT molecular complexity index is 759. The van der Waals surface area contributed by atoms with Crippen LogP contribution in [0.25, 0.3) is 0 Å². The number of benzene rings is 1. The molecular weight excluding hydrogens is 315 g/mol. The summed E-state index contributed by atoms with van der Waals surface area (Å²) in [6.07, 6.45) is 2.00. The van der Waals surface area contributed by atoms with Crippen LogP contribution in [0.4, 0.5) is 26.2 Å². The van der Waals surface area contributed by atoms with Crippen molar-refractivity contribution in [3.05, 3.63) is 36.4 Å². The van der Waals surface area contributed by atoms with Crippen molar-refractivity contribution < 1.29 is 18.7 Å². The van der Waals surface area contributed by atoms with Gasteiger partial charge in [0.2, 0.25) is 0 Å². The number of hydrogen-bond acceptors (Lipinski definition) is 6. The van der Waals surface area contributed by atoms with Crippen LogP contribution in [0, 0.1) is 5.82 Å². The number of carbonyl (C=O) groups excluding carboxylic acids is 1. The fourth-order valence-corrected chi connectivity index (χ4v) is 1.75. The summed E-state index contributed by atoms with van der Waals surface area (Å²) in [5.74, 6) is -0.154. The van der Waals surface area contributed by atoms with E-state index in [-0.39, 0.29) is 28.6 Å². The molecule has 0 saturated carbocycles. The SMILES string of the molecule is CC(C)(C)OC(=O)Nc1cc(Oc2cncc(N)c2N)ccc1F. The van der Waals surface area contributed by atoms with Gasteiger partial charge in [0.1, 0.15) is 22.9 Å². The highest BCUT2D eigenvalue weighted by atomic mass is 19.1. The molecule has 2 rings (SSSR count). The average molecular weight is 334 g/mol. The van der Waals surface area contributed by atoms with Crippen LogP contribution < -0.4 is 21.5 Å². The summed E-state index contributed by atoms with van der Waals surface area (Å²) in [7, 11) is 0. The second-order valence-corrected chi connectivity index (χ2v) is 6.01. The number of nitrogen functional groups attached to an aromatic ring is 2. The van der Waals surface area contributed by atoms with Crippen LogP contribution >= 0.6 is 0 Å². The van der Waals surface area contributed by atoms with Gasteiger partial charge in [0.15, 0.2) is 5.75 Å². The van der Waals surface area contributed by atoms with Crippen molar-refractivity contribution in [1.82, 2.24) is 4.98 Å². The van der Waals surface area contributed by atoms with E-state index in [2.05, 4.69) is 10.3 Å². The first-order valence-corrected chi connectivity index (χ1v) is 7.12. The summed E-state index contributed by atoms with van der Waals surface area (Å²) in [6, 6.07) is 3.85. The highest BCUT2D eigenvalue weighted by Gasteiger charge is 2.18. The smallest absolute Gasteiger partial charge is 0.412 e. The second-order valence-electron chi connectivity index (χ2n) is 6.01. The zero-order valence-electron chi connectivity index (χ0n) is 13.6. The van der Waals surface area contributed by atoms with E-state index >= 15 is 0 Å². The lowest BCUT2D eigenvalue weighted by Crippen LogP contribution is -2.27. The molecule has 0 unspecified atom stereocenters. The van der Waals surface area contributed by atoms with Gasteiger partial charge in [0.25, 0.3) is 0 Å². The number of aromatic nitrogens is 1. The maximum absolute atomic E-state index is 13.9. The van der Waals surface area contributed by atoms with Crippen molar-refractivity contribution in [2.24, 2.45) is 0 Å². The van der Waals surface area contributed by atoms with Crippen molar-refractivity contribution in [1.29, 1.82) is 0 Å². The molecule has 2 aromatic rings. The third kappa shape index (κ3) is 4.48. The van der Waals surface area contributed by atoms with Crippen molar-refractivity contribution in [3.63, 3.8) is 0 Å². The molecule has 1 heterocycles. The Morgan fingerprint density at radius 3 is 2.62 bits per heavy atom. The van der Waals surface area contributed by atoms with Crippen molar-refractivity contribution in [2.45, 2.75) is 26.4 Å². The number of nitrogens with zero attached hydrogens (tertiary/aromatic N) is 1. The van der Waals surface area contributed by atoms with E-state index in [0.717, 1.165) is 6.07 Å². The third-order valence-corrected chi connectivity index (χ3v) is 2.78. The number of anilines is 3. The van der Waals surface area contributed by atoms with Gasteiger partial charge in [0.05, 0.1) is 23.8 Å². The van der Waals surface area contributed by atoms with Crippen LogP contribution in [0.5, 0.6) is 11.5 Å². The van der Waals surface area contributed by atoms with E-state index in [1.807, 2.05) is 0 Å². The first-order valence-electron chi connectivity index (χ1n) is 7.12. The van der Waals surface area contributed by atoms with Gasteiger partial charge in [-0.25, -0.2) is 9.18 Å². The number of ether oxygens (including phenoxy) is 2. The van der Waals surface area contributed by atoms with Gasteiger partial charge < -0.3 is 20.9 Å². The number of carbonyl (C=O) groups is 1. The quantitative estimate of drug-likeness (QED) is 0.791. The fourth-order valence-electron chi connectivity index (χ4n) is 1.75. The van der Waals surface area contributed by atoms with E-state index < -0.39 is 17.5 Å². The normalized spacial score (nSPS) is 11.0. The Kier molecular flexibility index (Phi) is 4.77. The van der Waals surface area contributed by atoms with Gasteiger partial charge in [-0.1, -0.05) is 0 Å². The van der Waals surface area contributed by atoms with Gasteiger partial charge in [0, 0.05) is 6.07 Å². The number of amides is 1. The minimum Gasteiger partial charge on any atom is -0.453 e. The summed E-state index contributed by atoms with van der Waals surface area (Å²) >= 11 is 0. The van der Waals surface area contributed by atoms with E-state index in [9.17, 15) is 9.18 Å². The van der Waals surface area contributed by atoms with Crippen LogP contribution in [-0.4, -0.2) is 16.7 Å². The predicted molar refractivity (Wildman–Crippen MR) is 89.4 cm³/mol. The molecule has 0 saturated heterocycles. The van der Waals surface area contributed by atoms with Crippen molar-refractivity contribution in [2.75, 3.05) is 16.8 Å². The molecule has 0 fully saturated rings. The Hall–Kier alpha value is -3.03. The molecule has 0 bridgehead atoms. The van der Waals surface area contributed by atoms with Crippen LogP contribution in [0.2, 0.25) is 0 Å². The minimum atomic E-state index is -0.774. The van der Waals surface area contributed by atoms with E-state index in [1.165, 1.54) is 24.5 Å². The van der Waals surface area contributed by atoms with E-state index in [0.29, 0.717) is 0 Å². The van der Waals surface area contributed by atoms with E-state index in [4.69, 9.17) is 20.9 Å². The molecular formula is C16H19FN4O3. The molecule has 0 atom stereocenters. The molecule has 0 aliphatic rings. The topological polar surface area (TPSA) is 112 Å². The summed E-state index contributed by atoms with van der Waals surface area (Å²) in [5, 5.41) is 2.33. The predicted octanol–water partition coefficient (Wildman–Crippen LogP) is 3.52. The van der Waals surface area contributed by atoms with Gasteiger partial charge in [-0.3, -0.25) is 10.3 Å². The standard InChI is InChI=1S/C16H19FN4O3/c1-16(2,3)24-15(22)21-12-6-9(4-5-10(12)17)23-13-8-20-7-11(18)14(13)19/h4-8H,18H2,1-3H3,(H2,19,20)(H,21,22). The highest BCUT2D eigenvalue weighted by Crippen LogP contribution is 2.32. The summed E-state index contributed by atoms with van der Waals surface area (Å²) in [5.41, 5.74) is 11.1. The zero-order chi connectivity index (χ0) is 17.9. The fraction of sp³-hybridized carbons (Fsp3) is 0.250. The first kappa shape index (κ1) is 17.3. The Morgan fingerprint density at radius 2 is 1.96 bits per heavy atom. The van der Waals surface area contributed by atoms with Crippen molar-refractivity contribution >= 4 is 23.2 Å². The Balaban J connectivity index is 2.19. The molecule has 8 heteroatoms. The average Bonchev–Trinajstić information content (AvgIpc) is 2.45. The monoisotopic (exact) mass is 334 g/mol. The lowest BCUT2D eigenvalue weighted by atomic mass is 10.2. The number of hydrogen-bond donors (Lipinski definition) is 3. The number of rotatable bonds is 3. The molecule has 1 aromatic carbocycles. The largest absolute Gasteiger partial charge is 0.453 e. The first-order chi connectivity index (χ1) is 11.2. The maximum atomic E-state index is 13.9. The van der Waals surface area contributed by atoms with Crippen LogP contribution in [0.3, 0.4) is 0 Å². The van der Waals surface area contributed by atoms with Crippen LogP contribution in [0.1, 0.15) is 20.8 Å². The number of pyridine rings is 1. The number of nitrogens with two attached hydrogens (primary N) is 2. The molecule has 5 N–H and O–H groups in total. The lowest BCUT2D eigenvalue weighted by Gasteiger charge is -2.20. The van der Waals surface area contributed by atoms with Gasteiger partial charge in [-0.15, -0.1) is 0 Å². The summed E-state index contributed by atoms with van der Waals surface area (Å²) < 4.78 is 24.5. The Labute approximate surface area is 138 Å². The molecule has 1 amide bonds. The summed E-state index contributed by atoms with van der Waals surface area (Å²) in [6.45, 7) is 5.12. The molecule has 0 aliphatic heterocycles. The molecule has 0 spiro atoms. The molecule has 128 valence electrons. The maximum Gasteiger partial charge on any atom is 0.412 e. The molecule has 7 nitrogen and oxygen atoms in total. The molecule has 1 aromatic heterocycles. The van der Waals surface area contributed by atoms with E-state index in [1.54, 1.807) is 20.8 Å².